The highest BCUT2D eigenvalue weighted by molar-refractivity contribution is 5.94. The summed E-state index contributed by atoms with van der Waals surface area (Å²) in [5, 5.41) is 6.19. The molecule has 4 aromatic rings. The zero-order valence-corrected chi connectivity index (χ0v) is 21.1. The van der Waals surface area contributed by atoms with Gasteiger partial charge in [-0.15, -0.1) is 0 Å². The van der Waals surface area contributed by atoms with E-state index in [9.17, 15) is 9.59 Å². The largest absolute Gasteiger partial charge is 0.338 e. The van der Waals surface area contributed by atoms with Crippen molar-refractivity contribution >= 4 is 16.7 Å². The van der Waals surface area contributed by atoms with Crippen molar-refractivity contribution in [3.63, 3.8) is 0 Å². The van der Waals surface area contributed by atoms with E-state index in [-0.39, 0.29) is 11.5 Å². The number of rotatable bonds is 5. The Morgan fingerprint density at radius 3 is 2.28 bits per heavy atom. The summed E-state index contributed by atoms with van der Waals surface area (Å²) in [6.07, 6.45) is 0. The average molecular weight is 481 g/mol. The van der Waals surface area contributed by atoms with Gasteiger partial charge in [0.05, 0.1) is 11.1 Å². The van der Waals surface area contributed by atoms with Gasteiger partial charge in [0.25, 0.3) is 5.56 Å². The highest BCUT2D eigenvalue weighted by Crippen LogP contribution is 2.29. The maximum atomic E-state index is 13.5. The lowest BCUT2D eigenvalue weighted by atomic mass is 9.99. The van der Waals surface area contributed by atoms with Crippen LogP contribution in [-0.4, -0.2) is 51.7 Å². The minimum absolute atomic E-state index is 0.0637. The van der Waals surface area contributed by atoms with Crippen LogP contribution in [0.1, 0.15) is 29.7 Å². The summed E-state index contributed by atoms with van der Waals surface area (Å²) in [4.78, 5) is 31.2. The summed E-state index contributed by atoms with van der Waals surface area (Å²) in [5.41, 5.74) is 4.96. The minimum Gasteiger partial charge on any atom is -0.338 e. The third kappa shape index (κ3) is 4.69. The first-order chi connectivity index (χ1) is 17.4. The topological polar surface area (TPSA) is 58.4 Å². The predicted octanol–water partition coefficient (Wildman–Crippen LogP) is 4.59. The molecule has 5 rings (SSSR count). The van der Waals surface area contributed by atoms with Crippen LogP contribution in [0.25, 0.3) is 22.0 Å². The van der Waals surface area contributed by atoms with E-state index < -0.39 is 6.04 Å². The lowest BCUT2D eigenvalue weighted by molar-refractivity contribution is -0.136. The molecule has 3 aromatic carbocycles. The van der Waals surface area contributed by atoms with Crippen molar-refractivity contribution in [3.8, 4) is 11.3 Å². The Hall–Kier alpha value is -3.77. The van der Waals surface area contributed by atoms with Gasteiger partial charge in [-0.3, -0.25) is 14.5 Å². The fraction of sp³-hybridized carbons (Fsp3) is 0.300. The number of aryl methyl sites for hydroxylation is 2. The number of fused-ring (bicyclic) bond motifs is 1. The maximum absolute atomic E-state index is 13.5. The standard InChI is InChI=1S/C30H32N4O2/c1-21-13-14-22(2)27(19-21)28-25-11-7-8-12-26(25)30(36)34(31-28)23(3)29(35)33-17-15-32(16-18-33)20-24-9-5-4-6-10-24/h4-14,19,23H,15-18,20H2,1-3H3. The first kappa shape index (κ1) is 23.9. The SMILES string of the molecule is Cc1ccc(C)c(-c2nn(C(C)C(=O)N3CCN(Cc4ccccc4)CC3)c(=O)c3ccccc23)c1. The Kier molecular flexibility index (Phi) is 6.70. The van der Waals surface area contributed by atoms with Gasteiger partial charge in [-0.1, -0.05) is 66.2 Å². The first-order valence-corrected chi connectivity index (χ1v) is 12.6. The van der Waals surface area contributed by atoms with Crippen LogP contribution in [0.3, 0.4) is 0 Å². The number of carbonyl (C=O) groups is 1. The van der Waals surface area contributed by atoms with Gasteiger partial charge in [0.2, 0.25) is 5.91 Å². The van der Waals surface area contributed by atoms with Crippen LogP contribution < -0.4 is 5.56 Å². The molecule has 0 aliphatic carbocycles. The van der Waals surface area contributed by atoms with Gasteiger partial charge >= 0.3 is 0 Å². The van der Waals surface area contributed by atoms with Crippen molar-refractivity contribution in [2.24, 2.45) is 0 Å². The van der Waals surface area contributed by atoms with Crippen LogP contribution in [-0.2, 0) is 11.3 Å². The molecular formula is C30H32N4O2. The van der Waals surface area contributed by atoms with E-state index in [1.54, 1.807) is 6.92 Å². The monoisotopic (exact) mass is 480 g/mol. The van der Waals surface area contributed by atoms with Gasteiger partial charge in [0, 0.05) is 43.7 Å². The molecule has 2 heterocycles. The predicted molar refractivity (Wildman–Crippen MR) is 144 cm³/mol. The molecule has 6 nitrogen and oxygen atoms in total. The number of nitrogens with zero attached hydrogens (tertiary/aromatic N) is 4. The van der Waals surface area contributed by atoms with Crippen LogP contribution in [0.15, 0.2) is 77.6 Å². The summed E-state index contributed by atoms with van der Waals surface area (Å²) in [7, 11) is 0. The van der Waals surface area contributed by atoms with Crippen LogP contribution in [0.4, 0.5) is 0 Å². The van der Waals surface area contributed by atoms with E-state index in [0.29, 0.717) is 18.5 Å². The number of piperazine rings is 1. The minimum atomic E-state index is -0.688. The Bertz CT molecular complexity index is 1450. The summed E-state index contributed by atoms with van der Waals surface area (Å²) in [6.45, 7) is 9.65. The van der Waals surface area contributed by atoms with Crippen LogP contribution in [0.5, 0.6) is 0 Å². The lowest BCUT2D eigenvalue weighted by Gasteiger charge is -2.36. The quantitative estimate of drug-likeness (QED) is 0.419. The second-order valence-electron chi connectivity index (χ2n) is 9.73. The van der Waals surface area contributed by atoms with Gasteiger partial charge in [-0.2, -0.15) is 5.10 Å². The summed E-state index contributed by atoms with van der Waals surface area (Å²) in [5.74, 6) is -0.0637. The normalized spacial score (nSPS) is 15.2. The number of benzene rings is 3. The average Bonchev–Trinajstić information content (AvgIpc) is 2.91. The second kappa shape index (κ2) is 10.1. The molecule has 36 heavy (non-hydrogen) atoms. The smallest absolute Gasteiger partial charge is 0.275 e. The number of aromatic nitrogens is 2. The summed E-state index contributed by atoms with van der Waals surface area (Å²) in [6, 6.07) is 23.5. The van der Waals surface area contributed by atoms with Crippen LogP contribution in [0.2, 0.25) is 0 Å². The molecular weight excluding hydrogens is 448 g/mol. The molecule has 1 aliphatic rings. The second-order valence-corrected chi connectivity index (χ2v) is 9.73. The van der Waals surface area contributed by atoms with Crippen LogP contribution >= 0.6 is 0 Å². The summed E-state index contributed by atoms with van der Waals surface area (Å²) >= 11 is 0. The molecule has 184 valence electrons. The molecule has 1 saturated heterocycles. The van der Waals surface area contributed by atoms with E-state index in [2.05, 4.69) is 47.4 Å². The lowest BCUT2D eigenvalue weighted by Crippen LogP contribution is -2.50. The third-order valence-corrected chi connectivity index (χ3v) is 7.13. The van der Waals surface area contributed by atoms with E-state index in [0.717, 1.165) is 47.4 Å². The van der Waals surface area contributed by atoms with Gasteiger partial charge in [0.15, 0.2) is 0 Å². The molecule has 1 fully saturated rings. The molecule has 1 amide bonds. The third-order valence-electron chi connectivity index (χ3n) is 7.13. The van der Waals surface area contributed by atoms with Gasteiger partial charge in [-0.05, 0) is 44.0 Å². The first-order valence-electron chi connectivity index (χ1n) is 12.6. The summed E-state index contributed by atoms with van der Waals surface area (Å²) < 4.78 is 1.39. The van der Waals surface area contributed by atoms with E-state index in [4.69, 9.17) is 5.10 Å². The number of amides is 1. The maximum Gasteiger partial charge on any atom is 0.275 e. The van der Waals surface area contributed by atoms with Crippen molar-refractivity contribution in [3.05, 3.63) is 99.8 Å². The van der Waals surface area contributed by atoms with Crippen molar-refractivity contribution in [1.29, 1.82) is 0 Å². The highest BCUT2D eigenvalue weighted by Gasteiger charge is 2.28. The Balaban J connectivity index is 1.42. The molecule has 0 radical (unpaired) electrons. The fourth-order valence-electron chi connectivity index (χ4n) is 5.00. The molecule has 1 aromatic heterocycles. The van der Waals surface area contributed by atoms with Crippen LogP contribution in [0, 0.1) is 13.8 Å². The molecule has 0 bridgehead atoms. The molecule has 1 atom stereocenters. The molecule has 6 heteroatoms. The highest BCUT2D eigenvalue weighted by atomic mass is 16.2. The van der Waals surface area contributed by atoms with Crippen molar-refractivity contribution in [2.75, 3.05) is 26.2 Å². The number of hydrogen-bond acceptors (Lipinski definition) is 4. The number of hydrogen-bond donors (Lipinski definition) is 0. The van der Waals surface area contributed by atoms with Gasteiger partial charge in [0.1, 0.15) is 6.04 Å². The van der Waals surface area contributed by atoms with E-state index >= 15 is 0 Å². The van der Waals surface area contributed by atoms with E-state index in [1.165, 1.54) is 10.2 Å². The zero-order valence-electron chi connectivity index (χ0n) is 21.1. The zero-order chi connectivity index (χ0) is 25.2. The van der Waals surface area contributed by atoms with Crippen molar-refractivity contribution in [1.82, 2.24) is 19.6 Å². The molecule has 1 aliphatic heterocycles. The Labute approximate surface area is 211 Å². The van der Waals surface area contributed by atoms with Gasteiger partial charge in [-0.25, -0.2) is 4.68 Å². The van der Waals surface area contributed by atoms with Crippen molar-refractivity contribution < 1.29 is 4.79 Å². The fourth-order valence-corrected chi connectivity index (χ4v) is 5.00. The molecule has 0 spiro atoms. The number of carbonyl (C=O) groups excluding carboxylic acids is 1. The molecule has 0 saturated carbocycles. The molecule has 1 unspecified atom stereocenters. The molecule has 0 N–H and O–H groups in total. The Morgan fingerprint density at radius 2 is 1.56 bits per heavy atom. The van der Waals surface area contributed by atoms with Gasteiger partial charge < -0.3 is 4.90 Å². The van der Waals surface area contributed by atoms with E-state index in [1.807, 2.05) is 49.1 Å². The van der Waals surface area contributed by atoms with Crippen molar-refractivity contribution in [2.45, 2.75) is 33.4 Å². The Morgan fingerprint density at radius 1 is 0.889 bits per heavy atom.